The molecule has 3 rings (SSSR count). The number of aryl methyl sites for hydroxylation is 1. The molecule has 0 saturated carbocycles. The lowest BCUT2D eigenvalue weighted by Crippen LogP contribution is -2.24. The Morgan fingerprint density at radius 2 is 1.64 bits per heavy atom. The molecule has 0 aliphatic heterocycles. The molecule has 1 unspecified atom stereocenters. The van der Waals surface area contributed by atoms with Gasteiger partial charge in [0.2, 0.25) is 15.9 Å². The predicted molar refractivity (Wildman–Crippen MR) is 132 cm³/mol. The van der Waals surface area contributed by atoms with E-state index in [1.54, 1.807) is 12.1 Å². The monoisotopic (exact) mass is 483 g/mol. The molecule has 0 heterocycles. The SMILES string of the molecule is CCC(Sc1cccc(NC(=O)c2ccccc2C)c1)C(=O)Nc1ccc(S(N)(=O)=O)cc1. The largest absolute Gasteiger partial charge is 0.325 e. The van der Waals surface area contributed by atoms with E-state index < -0.39 is 10.0 Å². The fraction of sp³-hybridized carbons (Fsp3) is 0.167. The summed E-state index contributed by atoms with van der Waals surface area (Å²) in [6.45, 7) is 3.79. The molecular weight excluding hydrogens is 458 g/mol. The summed E-state index contributed by atoms with van der Waals surface area (Å²) in [5.74, 6) is -0.400. The van der Waals surface area contributed by atoms with Crippen LogP contribution in [-0.4, -0.2) is 25.5 Å². The van der Waals surface area contributed by atoms with Gasteiger partial charge >= 0.3 is 0 Å². The van der Waals surface area contributed by atoms with Crippen molar-refractivity contribution in [3.8, 4) is 0 Å². The van der Waals surface area contributed by atoms with Crippen LogP contribution in [0.15, 0.2) is 82.6 Å². The fourth-order valence-electron chi connectivity index (χ4n) is 3.11. The van der Waals surface area contributed by atoms with Gasteiger partial charge in [-0.3, -0.25) is 9.59 Å². The molecule has 1 atom stereocenters. The van der Waals surface area contributed by atoms with Crippen LogP contribution in [0.3, 0.4) is 0 Å². The van der Waals surface area contributed by atoms with Gasteiger partial charge in [-0.25, -0.2) is 13.6 Å². The van der Waals surface area contributed by atoms with Crippen molar-refractivity contribution >= 4 is 45.0 Å². The second-order valence-electron chi connectivity index (χ2n) is 7.37. The highest BCUT2D eigenvalue weighted by Gasteiger charge is 2.19. The number of primary sulfonamides is 1. The summed E-state index contributed by atoms with van der Waals surface area (Å²) in [5.41, 5.74) is 2.61. The first kappa shape index (κ1) is 24.5. The molecule has 3 aromatic carbocycles. The van der Waals surface area contributed by atoms with Gasteiger partial charge in [0.25, 0.3) is 5.91 Å². The molecule has 0 aromatic heterocycles. The molecule has 0 radical (unpaired) electrons. The van der Waals surface area contributed by atoms with Gasteiger partial charge in [-0.1, -0.05) is 31.2 Å². The summed E-state index contributed by atoms with van der Waals surface area (Å²) in [6.07, 6.45) is 0.575. The molecule has 4 N–H and O–H groups in total. The van der Waals surface area contributed by atoms with Crippen LogP contribution in [0, 0.1) is 6.92 Å². The minimum atomic E-state index is -3.79. The normalized spacial score (nSPS) is 12.1. The van der Waals surface area contributed by atoms with Crippen molar-refractivity contribution in [1.29, 1.82) is 0 Å². The third-order valence-corrected chi connectivity index (χ3v) is 7.16. The third kappa shape index (κ3) is 6.67. The second-order valence-corrected chi connectivity index (χ2v) is 10.2. The summed E-state index contributed by atoms with van der Waals surface area (Å²) in [5, 5.41) is 10.4. The van der Waals surface area contributed by atoms with E-state index in [4.69, 9.17) is 5.14 Å². The Morgan fingerprint density at radius 3 is 2.27 bits per heavy atom. The number of amides is 2. The molecule has 0 fully saturated rings. The standard InChI is InChI=1S/C24H25N3O4S2/c1-3-22(24(29)26-17-11-13-20(14-12-17)33(25,30)31)32-19-9-6-8-18(15-19)27-23(28)21-10-5-4-7-16(21)2/h4-15,22H,3H2,1-2H3,(H,26,29)(H,27,28)(H2,25,30,31). The van der Waals surface area contributed by atoms with E-state index in [2.05, 4.69) is 10.6 Å². The predicted octanol–water partition coefficient (Wildman–Crippen LogP) is 4.40. The molecule has 0 saturated heterocycles. The summed E-state index contributed by atoms with van der Waals surface area (Å²) < 4.78 is 22.8. The van der Waals surface area contributed by atoms with Crippen molar-refractivity contribution in [1.82, 2.24) is 0 Å². The van der Waals surface area contributed by atoms with Crippen LogP contribution in [-0.2, 0) is 14.8 Å². The van der Waals surface area contributed by atoms with Crippen LogP contribution in [0.4, 0.5) is 11.4 Å². The first-order chi connectivity index (χ1) is 15.7. The average molecular weight is 484 g/mol. The van der Waals surface area contributed by atoms with Crippen molar-refractivity contribution in [3.63, 3.8) is 0 Å². The summed E-state index contributed by atoms with van der Waals surface area (Å²) in [6, 6.07) is 20.4. The Bertz CT molecular complexity index is 1260. The van der Waals surface area contributed by atoms with E-state index in [9.17, 15) is 18.0 Å². The van der Waals surface area contributed by atoms with Crippen LogP contribution in [0.1, 0.15) is 29.3 Å². The highest BCUT2D eigenvalue weighted by molar-refractivity contribution is 8.00. The minimum absolute atomic E-state index is 0.0218. The number of carbonyl (C=O) groups excluding carboxylic acids is 2. The number of hydrogen-bond acceptors (Lipinski definition) is 5. The Hall–Kier alpha value is -3.14. The lowest BCUT2D eigenvalue weighted by Gasteiger charge is -2.16. The number of benzene rings is 3. The lowest BCUT2D eigenvalue weighted by molar-refractivity contribution is -0.115. The quantitative estimate of drug-likeness (QED) is 0.410. The zero-order valence-corrected chi connectivity index (χ0v) is 19.9. The molecule has 3 aromatic rings. The molecule has 2 amide bonds. The first-order valence-electron chi connectivity index (χ1n) is 10.2. The first-order valence-corrected chi connectivity index (χ1v) is 12.7. The van der Waals surface area contributed by atoms with Crippen molar-refractivity contribution in [2.24, 2.45) is 5.14 Å². The molecule has 9 heteroatoms. The Kier molecular flexibility index (Phi) is 7.91. The van der Waals surface area contributed by atoms with Crippen molar-refractivity contribution < 1.29 is 18.0 Å². The summed E-state index contributed by atoms with van der Waals surface area (Å²) >= 11 is 1.38. The Morgan fingerprint density at radius 1 is 0.939 bits per heavy atom. The molecule has 0 spiro atoms. The summed E-state index contributed by atoms with van der Waals surface area (Å²) in [4.78, 5) is 26.2. The maximum Gasteiger partial charge on any atom is 0.255 e. The number of hydrogen-bond donors (Lipinski definition) is 3. The van der Waals surface area contributed by atoms with Gasteiger partial charge in [0.05, 0.1) is 10.1 Å². The van der Waals surface area contributed by atoms with Crippen LogP contribution in [0.5, 0.6) is 0 Å². The average Bonchev–Trinajstić information content (AvgIpc) is 2.77. The maximum absolute atomic E-state index is 12.8. The number of nitrogens with two attached hydrogens (primary N) is 1. The van der Waals surface area contributed by atoms with Gasteiger partial charge in [-0.05, 0) is 67.4 Å². The number of rotatable bonds is 8. The Labute approximate surface area is 197 Å². The van der Waals surface area contributed by atoms with E-state index in [0.29, 0.717) is 23.4 Å². The minimum Gasteiger partial charge on any atom is -0.325 e. The number of anilines is 2. The van der Waals surface area contributed by atoms with Gasteiger partial charge in [0.1, 0.15) is 0 Å². The van der Waals surface area contributed by atoms with E-state index in [0.717, 1.165) is 10.5 Å². The van der Waals surface area contributed by atoms with Crippen LogP contribution in [0.25, 0.3) is 0 Å². The summed E-state index contributed by atoms with van der Waals surface area (Å²) in [7, 11) is -3.79. The van der Waals surface area contributed by atoms with Crippen LogP contribution < -0.4 is 15.8 Å². The van der Waals surface area contributed by atoms with Gasteiger partial charge in [0.15, 0.2) is 0 Å². The molecule has 33 heavy (non-hydrogen) atoms. The molecule has 7 nitrogen and oxygen atoms in total. The van der Waals surface area contributed by atoms with Crippen LogP contribution >= 0.6 is 11.8 Å². The zero-order valence-electron chi connectivity index (χ0n) is 18.2. The zero-order chi connectivity index (χ0) is 24.0. The van der Waals surface area contributed by atoms with Gasteiger partial charge in [-0.15, -0.1) is 11.8 Å². The highest BCUT2D eigenvalue weighted by Crippen LogP contribution is 2.29. The molecule has 0 bridgehead atoms. The smallest absolute Gasteiger partial charge is 0.255 e. The van der Waals surface area contributed by atoms with E-state index in [1.165, 1.54) is 36.0 Å². The fourth-order valence-corrected chi connectivity index (χ4v) is 4.64. The van der Waals surface area contributed by atoms with Crippen molar-refractivity contribution in [2.75, 3.05) is 10.6 Å². The second kappa shape index (κ2) is 10.7. The number of carbonyl (C=O) groups is 2. The Balaban J connectivity index is 1.66. The number of thioether (sulfide) groups is 1. The van der Waals surface area contributed by atoms with Gasteiger partial charge < -0.3 is 10.6 Å². The molecule has 172 valence electrons. The molecule has 0 aliphatic carbocycles. The van der Waals surface area contributed by atoms with Crippen LogP contribution in [0.2, 0.25) is 0 Å². The lowest BCUT2D eigenvalue weighted by atomic mass is 10.1. The van der Waals surface area contributed by atoms with Gasteiger partial charge in [-0.2, -0.15) is 0 Å². The van der Waals surface area contributed by atoms with E-state index >= 15 is 0 Å². The number of sulfonamides is 1. The van der Waals surface area contributed by atoms with E-state index in [1.807, 2.05) is 50.2 Å². The topological polar surface area (TPSA) is 118 Å². The molecule has 0 aliphatic rings. The van der Waals surface area contributed by atoms with Crippen molar-refractivity contribution in [3.05, 3.63) is 83.9 Å². The third-order valence-electron chi connectivity index (χ3n) is 4.87. The number of nitrogens with one attached hydrogen (secondary N) is 2. The highest BCUT2D eigenvalue weighted by atomic mass is 32.2. The van der Waals surface area contributed by atoms with Crippen molar-refractivity contribution in [2.45, 2.75) is 35.3 Å². The van der Waals surface area contributed by atoms with E-state index in [-0.39, 0.29) is 22.0 Å². The molecular formula is C24H25N3O4S2. The van der Waals surface area contributed by atoms with Gasteiger partial charge in [0, 0.05) is 21.8 Å². The maximum atomic E-state index is 12.8.